The molecule has 0 amide bonds. The quantitative estimate of drug-likeness (QED) is 0.897. The summed E-state index contributed by atoms with van der Waals surface area (Å²) in [5.74, 6) is -0.484. The Labute approximate surface area is 132 Å². The number of halogens is 3. The van der Waals surface area contributed by atoms with E-state index in [1.165, 1.54) is 12.1 Å². The zero-order valence-electron chi connectivity index (χ0n) is 10.8. The highest BCUT2D eigenvalue weighted by molar-refractivity contribution is 7.89. The fourth-order valence-electron chi connectivity index (χ4n) is 1.74. The van der Waals surface area contributed by atoms with Gasteiger partial charge in [0.1, 0.15) is 5.82 Å². The fourth-order valence-corrected chi connectivity index (χ4v) is 3.28. The van der Waals surface area contributed by atoms with Crippen LogP contribution in [-0.4, -0.2) is 15.0 Å². The molecule has 0 spiro atoms. The van der Waals surface area contributed by atoms with Crippen LogP contribution in [0, 0.1) is 5.82 Å². The van der Waals surface area contributed by atoms with Gasteiger partial charge in [0.2, 0.25) is 10.0 Å². The van der Waals surface area contributed by atoms with Crippen LogP contribution in [0.25, 0.3) is 0 Å². The Hall–Kier alpha value is -1.14. The molecule has 7 heteroatoms. The van der Waals surface area contributed by atoms with Gasteiger partial charge in [0.05, 0.1) is 4.90 Å². The van der Waals surface area contributed by atoms with E-state index in [4.69, 9.17) is 23.2 Å². The summed E-state index contributed by atoms with van der Waals surface area (Å²) in [7, 11) is -3.65. The molecule has 112 valence electrons. The first-order chi connectivity index (χ1) is 9.88. The second-order valence-corrected chi connectivity index (χ2v) is 6.95. The van der Waals surface area contributed by atoms with Crippen molar-refractivity contribution in [1.29, 1.82) is 0 Å². The van der Waals surface area contributed by atoms with Crippen LogP contribution in [0.5, 0.6) is 0 Å². The highest BCUT2D eigenvalue weighted by Crippen LogP contribution is 2.21. The third-order valence-corrected chi connectivity index (χ3v) is 4.89. The third-order valence-electron chi connectivity index (χ3n) is 2.83. The molecular weight excluding hydrogens is 336 g/mol. The summed E-state index contributed by atoms with van der Waals surface area (Å²) < 4.78 is 39.2. The minimum Gasteiger partial charge on any atom is -0.211 e. The van der Waals surface area contributed by atoms with Crippen molar-refractivity contribution in [2.75, 3.05) is 6.54 Å². The Morgan fingerprint density at radius 3 is 2.33 bits per heavy atom. The molecule has 2 rings (SSSR count). The Bertz CT molecular complexity index is 733. The number of nitrogens with one attached hydrogen (secondary N) is 1. The largest absolute Gasteiger partial charge is 0.240 e. The molecule has 0 saturated heterocycles. The van der Waals surface area contributed by atoms with Crippen molar-refractivity contribution in [2.45, 2.75) is 11.3 Å². The van der Waals surface area contributed by atoms with Gasteiger partial charge < -0.3 is 0 Å². The average Bonchev–Trinajstić information content (AvgIpc) is 2.41. The maximum Gasteiger partial charge on any atom is 0.240 e. The van der Waals surface area contributed by atoms with Gasteiger partial charge in [0.25, 0.3) is 0 Å². The summed E-state index contributed by atoms with van der Waals surface area (Å²) in [6, 6.07) is 9.68. The van der Waals surface area contributed by atoms with Crippen molar-refractivity contribution in [3.8, 4) is 0 Å². The summed E-state index contributed by atoms with van der Waals surface area (Å²) in [5, 5.41) is 1.01. The molecule has 0 aliphatic carbocycles. The Balaban J connectivity index is 2.00. The van der Waals surface area contributed by atoms with E-state index in [-0.39, 0.29) is 11.4 Å². The number of hydrogen-bond acceptors (Lipinski definition) is 2. The molecule has 1 N–H and O–H groups in total. The number of rotatable bonds is 5. The maximum absolute atomic E-state index is 12.8. The molecule has 21 heavy (non-hydrogen) atoms. The molecule has 0 atom stereocenters. The maximum atomic E-state index is 12.8. The van der Waals surface area contributed by atoms with Crippen LogP contribution >= 0.6 is 23.2 Å². The van der Waals surface area contributed by atoms with Gasteiger partial charge in [-0.05, 0) is 48.4 Å². The van der Waals surface area contributed by atoms with Gasteiger partial charge in [-0.2, -0.15) is 0 Å². The smallest absolute Gasteiger partial charge is 0.211 e. The topological polar surface area (TPSA) is 46.2 Å². The SMILES string of the molecule is O=S(=O)(NCCc1ccc(Cl)cc1Cl)c1ccc(F)cc1. The Kier molecular flexibility index (Phi) is 5.22. The van der Waals surface area contributed by atoms with Crippen molar-refractivity contribution in [2.24, 2.45) is 0 Å². The Morgan fingerprint density at radius 2 is 1.71 bits per heavy atom. The molecule has 0 saturated carbocycles. The predicted octanol–water partition coefficient (Wildman–Crippen LogP) is 3.65. The van der Waals surface area contributed by atoms with Crippen LogP contribution in [0.1, 0.15) is 5.56 Å². The van der Waals surface area contributed by atoms with Crippen molar-refractivity contribution in [1.82, 2.24) is 4.72 Å². The number of hydrogen-bond donors (Lipinski definition) is 1. The van der Waals surface area contributed by atoms with Crippen LogP contribution in [0.15, 0.2) is 47.4 Å². The molecule has 0 aliphatic rings. The molecule has 0 fully saturated rings. The fraction of sp³-hybridized carbons (Fsp3) is 0.143. The summed E-state index contributed by atoms with van der Waals surface area (Å²) in [5.41, 5.74) is 0.794. The molecule has 0 bridgehead atoms. The van der Waals surface area contributed by atoms with Gasteiger partial charge in [-0.3, -0.25) is 0 Å². The summed E-state index contributed by atoms with van der Waals surface area (Å²) >= 11 is 11.8. The summed E-state index contributed by atoms with van der Waals surface area (Å²) in [4.78, 5) is 0.0195. The minimum atomic E-state index is -3.65. The highest BCUT2D eigenvalue weighted by Gasteiger charge is 2.13. The van der Waals surface area contributed by atoms with Crippen LogP contribution in [0.4, 0.5) is 4.39 Å². The van der Waals surface area contributed by atoms with Gasteiger partial charge in [0, 0.05) is 16.6 Å². The molecule has 0 aliphatic heterocycles. The lowest BCUT2D eigenvalue weighted by molar-refractivity contribution is 0.580. The lowest BCUT2D eigenvalue weighted by atomic mass is 10.1. The summed E-state index contributed by atoms with van der Waals surface area (Å²) in [6.07, 6.45) is 0.427. The van der Waals surface area contributed by atoms with Gasteiger partial charge >= 0.3 is 0 Å². The molecule has 3 nitrogen and oxygen atoms in total. The van der Waals surface area contributed by atoms with E-state index in [0.29, 0.717) is 16.5 Å². The van der Waals surface area contributed by atoms with Crippen LogP contribution in [0.2, 0.25) is 10.0 Å². The first-order valence-electron chi connectivity index (χ1n) is 6.08. The zero-order chi connectivity index (χ0) is 15.5. The first kappa shape index (κ1) is 16.2. The van der Waals surface area contributed by atoms with Gasteiger partial charge in [-0.1, -0.05) is 29.3 Å². The molecule has 2 aromatic carbocycles. The van der Waals surface area contributed by atoms with E-state index >= 15 is 0 Å². The van der Waals surface area contributed by atoms with Crippen molar-refractivity contribution >= 4 is 33.2 Å². The molecular formula is C14H12Cl2FNO2S. The zero-order valence-corrected chi connectivity index (χ0v) is 13.1. The highest BCUT2D eigenvalue weighted by atomic mass is 35.5. The van der Waals surface area contributed by atoms with Gasteiger partial charge in [-0.25, -0.2) is 17.5 Å². The molecule has 0 unspecified atom stereocenters. The first-order valence-corrected chi connectivity index (χ1v) is 8.31. The molecule has 0 heterocycles. The second-order valence-electron chi connectivity index (χ2n) is 4.34. The van der Waals surface area contributed by atoms with E-state index in [2.05, 4.69) is 4.72 Å². The van der Waals surface area contributed by atoms with Crippen LogP contribution in [0.3, 0.4) is 0 Å². The summed E-state index contributed by atoms with van der Waals surface area (Å²) in [6.45, 7) is 0.182. The number of sulfonamides is 1. The van der Waals surface area contributed by atoms with Crippen LogP contribution < -0.4 is 4.72 Å². The van der Waals surface area contributed by atoms with Crippen molar-refractivity contribution in [3.05, 3.63) is 63.9 Å². The molecule has 0 aromatic heterocycles. The molecule has 2 aromatic rings. The predicted molar refractivity (Wildman–Crippen MR) is 81.8 cm³/mol. The van der Waals surface area contributed by atoms with E-state index in [9.17, 15) is 12.8 Å². The monoisotopic (exact) mass is 347 g/mol. The average molecular weight is 348 g/mol. The number of benzene rings is 2. The van der Waals surface area contributed by atoms with Crippen LogP contribution in [-0.2, 0) is 16.4 Å². The van der Waals surface area contributed by atoms with E-state index in [1.807, 2.05) is 0 Å². The van der Waals surface area contributed by atoms with E-state index in [1.54, 1.807) is 18.2 Å². The lowest BCUT2D eigenvalue weighted by Gasteiger charge is -2.08. The standard InChI is InChI=1S/C14H12Cl2FNO2S/c15-11-2-1-10(14(16)9-11)7-8-18-21(19,20)13-5-3-12(17)4-6-13/h1-6,9,18H,7-8H2. The Morgan fingerprint density at radius 1 is 1.05 bits per heavy atom. The van der Waals surface area contributed by atoms with E-state index in [0.717, 1.165) is 17.7 Å². The molecule has 0 radical (unpaired) electrons. The van der Waals surface area contributed by atoms with Crippen molar-refractivity contribution < 1.29 is 12.8 Å². The lowest BCUT2D eigenvalue weighted by Crippen LogP contribution is -2.26. The van der Waals surface area contributed by atoms with Gasteiger partial charge in [-0.15, -0.1) is 0 Å². The minimum absolute atomic E-state index is 0.0195. The third kappa shape index (κ3) is 4.41. The second kappa shape index (κ2) is 6.75. The van der Waals surface area contributed by atoms with Gasteiger partial charge in [0.15, 0.2) is 0 Å². The van der Waals surface area contributed by atoms with E-state index < -0.39 is 15.8 Å². The normalized spacial score (nSPS) is 11.6. The van der Waals surface area contributed by atoms with Crippen molar-refractivity contribution in [3.63, 3.8) is 0 Å².